The van der Waals surface area contributed by atoms with Gasteiger partial charge in [0.25, 0.3) is 0 Å². The van der Waals surface area contributed by atoms with Crippen LogP contribution in [-0.2, 0) is 14.8 Å². The van der Waals surface area contributed by atoms with Crippen LogP contribution in [0.3, 0.4) is 0 Å². The summed E-state index contributed by atoms with van der Waals surface area (Å²) in [5, 5.41) is 0. The fourth-order valence-corrected chi connectivity index (χ4v) is 2.26. The first-order valence-electron chi connectivity index (χ1n) is 3.93. The quantitative estimate of drug-likeness (QED) is 0.570. The van der Waals surface area contributed by atoms with Gasteiger partial charge in [-0.05, 0) is 0 Å². The summed E-state index contributed by atoms with van der Waals surface area (Å²) in [6, 6.07) is 0. The van der Waals surface area contributed by atoms with Crippen LogP contribution in [0.2, 0.25) is 0 Å². The highest BCUT2D eigenvalue weighted by Gasteiger charge is 2.35. The van der Waals surface area contributed by atoms with Crippen molar-refractivity contribution in [2.24, 2.45) is 5.92 Å². The van der Waals surface area contributed by atoms with E-state index in [1.54, 1.807) is 7.11 Å². The summed E-state index contributed by atoms with van der Waals surface area (Å²) < 4.78 is 28.8. The van der Waals surface area contributed by atoms with Crippen molar-refractivity contribution in [1.29, 1.82) is 0 Å². The van der Waals surface area contributed by atoms with Gasteiger partial charge in [0.2, 0.25) is 10.0 Å². The summed E-state index contributed by atoms with van der Waals surface area (Å²) in [5.41, 5.74) is 0. The van der Waals surface area contributed by atoms with E-state index in [0.29, 0.717) is 13.1 Å². The number of hydrogen-bond acceptors (Lipinski definition) is 3. The fraction of sp³-hybridized carbons (Fsp3) is 0.750. The molecule has 13 heavy (non-hydrogen) atoms. The van der Waals surface area contributed by atoms with E-state index in [2.05, 4.69) is 5.92 Å². The zero-order chi connectivity index (χ0) is 10.1. The lowest BCUT2D eigenvalue weighted by molar-refractivity contribution is 0.0972. The van der Waals surface area contributed by atoms with Gasteiger partial charge in [0.15, 0.2) is 0 Å². The number of terminal acetylenes is 1. The van der Waals surface area contributed by atoms with Crippen molar-refractivity contribution in [3.63, 3.8) is 0 Å². The van der Waals surface area contributed by atoms with E-state index < -0.39 is 10.0 Å². The number of ether oxygens (including phenoxy) is 1. The first-order valence-corrected chi connectivity index (χ1v) is 5.78. The highest BCUT2D eigenvalue weighted by molar-refractivity contribution is 7.88. The highest BCUT2D eigenvalue weighted by atomic mass is 32.2. The van der Waals surface area contributed by atoms with E-state index in [9.17, 15) is 8.42 Å². The third kappa shape index (κ3) is 2.21. The molecule has 1 heterocycles. The molecule has 0 radical (unpaired) electrons. The molecular weight excluding hydrogens is 190 g/mol. The van der Waals surface area contributed by atoms with E-state index in [1.165, 1.54) is 10.6 Å². The van der Waals surface area contributed by atoms with Crippen LogP contribution in [0.25, 0.3) is 0 Å². The third-order valence-corrected chi connectivity index (χ3v) is 3.45. The molecule has 0 aromatic heterocycles. The minimum atomic E-state index is -3.13. The molecule has 0 bridgehead atoms. The van der Waals surface area contributed by atoms with Gasteiger partial charge in [-0.2, -0.15) is 4.31 Å². The van der Waals surface area contributed by atoms with Crippen LogP contribution in [0.1, 0.15) is 0 Å². The van der Waals surface area contributed by atoms with E-state index in [1.807, 2.05) is 0 Å². The van der Waals surface area contributed by atoms with Crippen molar-refractivity contribution >= 4 is 10.0 Å². The number of hydrogen-bond donors (Lipinski definition) is 0. The Balaban J connectivity index is 2.76. The van der Waals surface area contributed by atoms with Crippen molar-refractivity contribution < 1.29 is 13.2 Å². The Morgan fingerprint density at radius 3 is 2.46 bits per heavy atom. The van der Waals surface area contributed by atoms with E-state index >= 15 is 0 Å². The first kappa shape index (κ1) is 10.5. The average molecular weight is 203 g/mol. The second-order valence-electron chi connectivity index (χ2n) is 3.13. The molecule has 0 aromatic rings. The Kier molecular flexibility index (Phi) is 2.96. The SMILES string of the molecule is C#C[C@@H]1CN(S(C)(=O)=O)C[C@H]1OC. The molecule has 0 N–H and O–H groups in total. The van der Waals surface area contributed by atoms with Gasteiger partial charge in [-0.25, -0.2) is 8.42 Å². The Hall–Kier alpha value is -0.570. The zero-order valence-corrected chi connectivity index (χ0v) is 8.54. The molecule has 74 valence electrons. The third-order valence-electron chi connectivity index (χ3n) is 2.22. The summed E-state index contributed by atoms with van der Waals surface area (Å²) in [6.45, 7) is 0.734. The molecule has 5 heteroatoms. The highest BCUT2D eigenvalue weighted by Crippen LogP contribution is 2.20. The van der Waals surface area contributed by atoms with Crippen molar-refractivity contribution in [3.05, 3.63) is 0 Å². The topological polar surface area (TPSA) is 46.6 Å². The summed E-state index contributed by atoms with van der Waals surface area (Å²) >= 11 is 0. The molecule has 4 nitrogen and oxygen atoms in total. The van der Waals surface area contributed by atoms with Crippen LogP contribution >= 0.6 is 0 Å². The van der Waals surface area contributed by atoms with Crippen molar-refractivity contribution in [2.45, 2.75) is 6.10 Å². The standard InChI is InChI=1S/C8H13NO3S/c1-4-7-5-9(13(3,10)11)6-8(7)12-2/h1,7-8H,5-6H2,2-3H3/t7-,8-/m1/s1. The second kappa shape index (κ2) is 3.66. The molecule has 0 spiro atoms. The molecule has 0 aliphatic carbocycles. The van der Waals surface area contributed by atoms with Crippen LogP contribution < -0.4 is 0 Å². The second-order valence-corrected chi connectivity index (χ2v) is 5.11. The number of sulfonamides is 1. The van der Waals surface area contributed by atoms with Crippen molar-refractivity contribution in [1.82, 2.24) is 4.31 Å². The van der Waals surface area contributed by atoms with Crippen LogP contribution in [0.15, 0.2) is 0 Å². The molecule has 0 saturated carbocycles. The van der Waals surface area contributed by atoms with Gasteiger partial charge in [0, 0.05) is 20.2 Å². The predicted octanol–water partition coefficient (Wildman–Crippen LogP) is -0.474. The normalized spacial score (nSPS) is 30.2. The molecule has 1 aliphatic rings. The molecule has 0 aromatic carbocycles. The molecule has 1 aliphatic heterocycles. The molecular formula is C8H13NO3S. The van der Waals surface area contributed by atoms with Crippen LogP contribution in [-0.4, -0.2) is 45.3 Å². The van der Waals surface area contributed by atoms with Gasteiger partial charge < -0.3 is 4.74 Å². The van der Waals surface area contributed by atoms with E-state index in [4.69, 9.17) is 11.2 Å². The summed E-state index contributed by atoms with van der Waals surface area (Å²) in [5.74, 6) is 2.41. The fourth-order valence-electron chi connectivity index (χ4n) is 1.41. The largest absolute Gasteiger partial charge is 0.379 e. The maximum absolute atomic E-state index is 11.2. The lowest BCUT2D eigenvalue weighted by Gasteiger charge is -2.11. The van der Waals surface area contributed by atoms with Gasteiger partial charge in [-0.3, -0.25) is 0 Å². The first-order chi connectivity index (χ1) is 5.99. The number of nitrogens with zero attached hydrogens (tertiary/aromatic N) is 1. The minimum absolute atomic E-state index is 0.125. The van der Waals surface area contributed by atoms with Gasteiger partial charge in [0.05, 0.1) is 18.3 Å². The van der Waals surface area contributed by atoms with Gasteiger partial charge >= 0.3 is 0 Å². The monoisotopic (exact) mass is 203 g/mol. The molecule has 1 rings (SSSR count). The van der Waals surface area contributed by atoms with Crippen LogP contribution in [0, 0.1) is 18.3 Å². The van der Waals surface area contributed by atoms with E-state index in [0.717, 1.165) is 0 Å². The lowest BCUT2D eigenvalue weighted by atomic mass is 10.1. The zero-order valence-electron chi connectivity index (χ0n) is 7.73. The molecule has 2 atom stereocenters. The number of methoxy groups -OCH3 is 1. The molecule has 1 fully saturated rings. The summed E-state index contributed by atoms with van der Waals surface area (Å²) in [4.78, 5) is 0. The number of rotatable bonds is 2. The molecule has 0 amide bonds. The maximum atomic E-state index is 11.2. The Bertz CT molecular complexity index is 317. The smallest absolute Gasteiger partial charge is 0.211 e. The summed E-state index contributed by atoms with van der Waals surface area (Å²) in [7, 11) is -1.59. The van der Waals surface area contributed by atoms with Gasteiger partial charge in [-0.15, -0.1) is 6.42 Å². The summed E-state index contributed by atoms with van der Waals surface area (Å²) in [6.07, 6.45) is 6.27. The van der Waals surface area contributed by atoms with E-state index in [-0.39, 0.29) is 12.0 Å². The Morgan fingerprint density at radius 1 is 1.54 bits per heavy atom. The molecule has 1 saturated heterocycles. The van der Waals surface area contributed by atoms with Crippen molar-refractivity contribution in [2.75, 3.05) is 26.5 Å². The Labute approximate surface area is 78.9 Å². The predicted molar refractivity (Wildman–Crippen MR) is 49.5 cm³/mol. The van der Waals surface area contributed by atoms with Crippen LogP contribution in [0.4, 0.5) is 0 Å². The van der Waals surface area contributed by atoms with Crippen molar-refractivity contribution in [3.8, 4) is 12.3 Å². The molecule has 0 unspecified atom stereocenters. The van der Waals surface area contributed by atoms with Gasteiger partial charge in [0.1, 0.15) is 0 Å². The van der Waals surface area contributed by atoms with Crippen LogP contribution in [0.5, 0.6) is 0 Å². The van der Waals surface area contributed by atoms with Gasteiger partial charge in [-0.1, -0.05) is 5.92 Å². The maximum Gasteiger partial charge on any atom is 0.211 e. The Morgan fingerprint density at radius 2 is 2.15 bits per heavy atom. The average Bonchev–Trinajstić information content (AvgIpc) is 2.45. The lowest BCUT2D eigenvalue weighted by Crippen LogP contribution is -2.28. The minimum Gasteiger partial charge on any atom is -0.379 e.